The van der Waals surface area contributed by atoms with Gasteiger partial charge in [-0.25, -0.2) is 4.98 Å². The zero-order valence-corrected chi connectivity index (χ0v) is 13.8. The summed E-state index contributed by atoms with van der Waals surface area (Å²) in [6.07, 6.45) is 4.79. The van der Waals surface area contributed by atoms with Crippen LogP contribution in [0.15, 0.2) is 48.7 Å². The van der Waals surface area contributed by atoms with Gasteiger partial charge in [0, 0.05) is 25.8 Å². The van der Waals surface area contributed by atoms with Gasteiger partial charge in [-0.05, 0) is 42.5 Å². The molecule has 0 spiro atoms. The lowest BCUT2D eigenvalue weighted by atomic mass is 10.1. The molecule has 5 heteroatoms. The van der Waals surface area contributed by atoms with Crippen molar-refractivity contribution >= 4 is 11.7 Å². The number of hydrogen-bond acceptors (Lipinski definition) is 4. The lowest BCUT2D eigenvalue weighted by molar-refractivity contribution is -0.122. The summed E-state index contributed by atoms with van der Waals surface area (Å²) in [5.41, 5.74) is 8.13. The molecule has 0 aliphatic carbocycles. The lowest BCUT2D eigenvalue weighted by Gasteiger charge is -2.17. The van der Waals surface area contributed by atoms with E-state index in [1.807, 2.05) is 42.5 Å². The van der Waals surface area contributed by atoms with Gasteiger partial charge in [-0.1, -0.05) is 30.3 Å². The summed E-state index contributed by atoms with van der Waals surface area (Å²) in [6.45, 7) is 2.60. The Morgan fingerprint density at radius 3 is 2.67 bits per heavy atom. The van der Waals surface area contributed by atoms with Crippen molar-refractivity contribution in [2.24, 2.45) is 5.73 Å². The number of anilines is 1. The third-order valence-electron chi connectivity index (χ3n) is 4.34. The quantitative estimate of drug-likeness (QED) is 0.851. The van der Waals surface area contributed by atoms with Crippen molar-refractivity contribution in [1.29, 1.82) is 0 Å². The van der Waals surface area contributed by atoms with Crippen molar-refractivity contribution in [3.8, 4) is 0 Å². The highest BCUT2D eigenvalue weighted by Crippen LogP contribution is 2.18. The van der Waals surface area contributed by atoms with Gasteiger partial charge in [-0.3, -0.25) is 4.79 Å². The molecule has 2 heterocycles. The van der Waals surface area contributed by atoms with Gasteiger partial charge in [-0.2, -0.15) is 0 Å². The van der Waals surface area contributed by atoms with Crippen LogP contribution in [0.25, 0.3) is 0 Å². The molecule has 5 nitrogen and oxygen atoms in total. The largest absolute Gasteiger partial charge is 0.357 e. The normalized spacial score (nSPS) is 15.3. The number of hydrogen-bond donors (Lipinski definition) is 2. The minimum Gasteiger partial charge on any atom is -0.357 e. The predicted octanol–water partition coefficient (Wildman–Crippen LogP) is 1.87. The van der Waals surface area contributed by atoms with Gasteiger partial charge < -0.3 is 16.0 Å². The molecular weight excluding hydrogens is 300 g/mol. The summed E-state index contributed by atoms with van der Waals surface area (Å²) in [5.74, 6) is 0.867. The van der Waals surface area contributed by atoms with Gasteiger partial charge in [-0.15, -0.1) is 0 Å². The van der Waals surface area contributed by atoms with E-state index in [1.165, 1.54) is 12.8 Å². The van der Waals surface area contributed by atoms with Gasteiger partial charge >= 0.3 is 0 Å². The molecule has 0 bridgehead atoms. The molecule has 1 aliphatic rings. The van der Waals surface area contributed by atoms with Gasteiger partial charge in [0.25, 0.3) is 0 Å². The number of aromatic nitrogens is 1. The number of rotatable bonds is 6. The molecule has 0 radical (unpaired) electrons. The molecule has 1 fully saturated rings. The number of amides is 1. The van der Waals surface area contributed by atoms with Crippen LogP contribution < -0.4 is 16.0 Å². The number of carbonyl (C=O) groups excluding carboxylic acids is 1. The first kappa shape index (κ1) is 16.5. The summed E-state index contributed by atoms with van der Waals surface area (Å²) in [6, 6.07) is 13.3. The molecule has 24 heavy (non-hydrogen) atoms. The zero-order valence-electron chi connectivity index (χ0n) is 13.8. The van der Waals surface area contributed by atoms with Crippen molar-refractivity contribution in [1.82, 2.24) is 10.3 Å². The summed E-state index contributed by atoms with van der Waals surface area (Å²) >= 11 is 0. The minimum absolute atomic E-state index is 0.126. The fourth-order valence-electron chi connectivity index (χ4n) is 2.97. The third kappa shape index (κ3) is 4.32. The van der Waals surface area contributed by atoms with Crippen LogP contribution in [0.4, 0.5) is 5.82 Å². The molecule has 126 valence electrons. The van der Waals surface area contributed by atoms with Gasteiger partial charge in [0.05, 0.1) is 6.04 Å². The highest BCUT2D eigenvalue weighted by Gasteiger charge is 2.15. The lowest BCUT2D eigenvalue weighted by Crippen LogP contribution is -2.41. The van der Waals surface area contributed by atoms with Gasteiger partial charge in [0.2, 0.25) is 5.91 Å². The monoisotopic (exact) mass is 324 g/mol. The van der Waals surface area contributed by atoms with Crippen molar-refractivity contribution < 1.29 is 4.79 Å². The Morgan fingerprint density at radius 2 is 1.92 bits per heavy atom. The molecule has 1 unspecified atom stereocenters. The smallest absolute Gasteiger partial charge is 0.237 e. The summed E-state index contributed by atoms with van der Waals surface area (Å²) in [7, 11) is 0. The second kappa shape index (κ2) is 7.93. The number of nitrogens with zero attached hydrogens (tertiary/aromatic N) is 2. The predicted molar refractivity (Wildman–Crippen MR) is 95.7 cm³/mol. The van der Waals surface area contributed by atoms with Crippen LogP contribution in [0, 0.1) is 0 Å². The van der Waals surface area contributed by atoms with Crippen LogP contribution in [0.1, 0.15) is 24.0 Å². The van der Waals surface area contributed by atoms with E-state index in [-0.39, 0.29) is 5.91 Å². The Hall–Kier alpha value is -2.40. The summed E-state index contributed by atoms with van der Waals surface area (Å²) in [5, 5.41) is 2.93. The van der Waals surface area contributed by atoms with E-state index in [0.717, 1.165) is 30.0 Å². The van der Waals surface area contributed by atoms with Crippen LogP contribution in [-0.2, 0) is 17.8 Å². The third-order valence-corrected chi connectivity index (χ3v) is 4.34. The Balaban J connectivity index is 1.53. The van der Waals surface area contributed by atoms with Crippen molar-refractivity contribution in [3.05, 3.63) is 59.8 Å². The second-order valence-electron chi connectivity index (χ2n) is 6.23. The average Bonchev–Trinajstić information content (AvgIpc) is 3.15. The molecule has 1 aromatic heterocycles. The molecule has 3 N–H and O–H groups in total. The standard InChI is InChI=1S/C19H24N4O/c20-17(12-15-6-2-1-3-7-15)19(24)22-14-16-8-9-21-18(13-16)23-10-4-5-11-23/h1-3,6-9,13,17H,4-5,10-12,14,20H2,(H,22,24). The number of nitrogens with one attached hydrogen (secondary N) is 1. The number of benzene rings is 1. The maximum atomic E-state index is 12.2. The number of nitrogens with two attached hydrogens (primary N) is 1. The molecule has 0 saturated carbocycles. The maximum Gasteiger partial charge on any atom is 0.237 e. The fraction of sp³-hybridized carbons (Fsp3) is 0.368. The van der Waals surface area contributed by atoms with Crippen molar-refractivity contribution in [2.45, 2.75) is 31.8 Å². The SMILES string of the molecule is NC(Cc1ccccc1)C(=O)NCc1ccnc(N2CCCC2)c1. The van der Waals surface area contributed by atoms with E-state index >= 15 is 0 Å². The molecule has 2 aromatic rings. The van der Waals surface area contributed by atoms with E-state index in [2.05, 4.69) is 15.2 Å². The molecule has 1 aliphatic heterocycles. The Labute approximate surface area is 142 Å². The van der Waals surface area contributed by atoms with Crippen LogP contribution in [-0.4, -0.2) is 30.0 Å². The van der Waals surface area contributed by atoms with Crippen LogP contribution >= 0.6 is 0 Å². The van der Waals surface area contributed by atoms with Crippen LogP contribution in [0.3, 0.4) is 0 Å². The molecular formula is C19H24N4O. The molecule has 3 rings (SSSR count). The Bertz CT molecular complexity index is 668. The topological polar surface area (TPSA) is 71.2 Å². The minimum atomic E-state index is -0.535. The second-order valence-corrected chi connectivity index (χ2v) is 6.23. The first-order chi connectivity index (χ1) is 11.7. The first-order valence-corrected chi connectivity index (χ1v) is 8.49. The van der Waals surface area contributed by atoms with E-state index in [4.69, 9.17) is 5.73 Å². The van der Waals surface area contributed by atoms with Crippen LogP contribution in [0.5, 0.6) is 0 Å². The molecule has 1 amide bonds. The average molecular weight is 324 g/mol. The first-order valence-electron chi connectivity index (χ1n) is 8.49. The zero-order chi connectivity index (χ0) is 16.8. The highest BCUT2D eigenvalue weighted by atomic mass is 16.2. The van der Waals surface area contributed by atoms with E-state index in [1.54, 1.807) is 6.20 Å². The molecule has 1 atom stereocenters. The molecule has 1 saturated heterocycles. The van der Waals surface area contributed by atoms with E-state index < -0.39 is 6.04 Å². The van der Waals surface area contributed by atoms with E-state index in [9.17, 15) is 4.79 Å². The van der Waals surface area contributed by atoms with Crippen molar-refractivity contribution in [3.63, 3.8) is 0 Å². The van der Waals surface area contributed by atoms with E-state index in [0.29, 0.717) is 13.0 Å². The molecule has 1 aromatic carbocycles. The summed E-state index contributed by atoms with van der Waals surface area (Å²) in [4.78, 5) is 18.9. The summed E-state index contributed by atoms with van der Waals surface area (Å²) < 4.78 is 0. The van der Waals surface area contributed by atoms with Gasteiger partial charge in [0.15, 0.2) is 0 Å². The highest BCUT2D eigenvalue weighted by molar-refractivity contribution is 5.81. The fourth-order valence-corrected chi connectivity index (χ4v) is 2.97. The van der Waals surface area contributed by atoms with Crippen LogP contribution in [0.2, 0.25) is 0 Å². The number of pyridine rings is 1. The Kier molecular flexibility index (Phi) is 5.43. The number of carbonyl (C=O) groups is 1. The van der Waals surface area contributed by atoms with Gasteiger partial charge in [0.1, 0.15) is 5.82 Å². The maximum absolute atomic E-state index is 12.2. The Morgan fingerprint density at radius 1 is 1.17 bits per heavy atom. The van der Waals surface area contributed by atoms with Crippen molar-refractivity contribution in [2.75, 3.05) is 18.0 Å².